The van der Waals surface area contributed by atoms with Gasteiger partial charge in [0.1, 0.15) is 0 Å². The van der Waals surface area contributed by atoms with E-state index in [4.69, 9.17) is 0 Å². The van der Waals surface area contributed by atoms with Crippen LogP contribution in [-0.2, 0) is 11.2 Å². The standard InChI is InChI=1S/C27H29N3O2/c1-2-29-26(32)27(14-7-17-30(20-27)25(31)23-9-4-3-5-10-23)19-21-8-6-11-24(18-21)22-12-15-28-16-13-22/h3-6,8-13,15-16,18H,2,7,14,17,19-20H2,1H3,(H,29,32)/t27-/m1/s1. The molecule has 2 amide bonds. The Morgan fingerprint density at radius 3 is 2.53 bits per heavy atom. The molecule has 0 bridgehead atoms. The van der Waals surface area contributed by atoms with Crippen LogP contribution in [0.2, 0.25) is 0 Å². The van der Waals surface area contributed by atoms with Crippen LogP contribution in [0.25, 0.3) is 11.1 Å². The second kappa shape index (κ2) is 9.77. The van der Waals surface area contributed by atoms with Gasteiger partial charge in [0.25, 0.3) is 5.91 Å². The normalized spacial score (nSPS) is 18.2. The van der Waals surface area contributed by atoms with E-state index in [1.54, 1.807) is 12.4 Å². The average Bonchev–Trinajstić information content (AvgIpc) is 2.85. The molecule has 1 aliphatic rings. The minimum absolute atomic E-state index is 0.00971. The van der Waals surface area contributed by atoms with Gasteiger partial charge in [-0.1, -0.05) is 42.5 Å². The van der Waals surface area contributed by atoms with E-state index >= 15 is 0 Å². The molecular weight excluding hydrogens is 398 g/mol. The number of nitrogens with zero attached hydrogens (tertiary/aromatic N) is 2. The van der Waals surface area contributed by atoms with E-state index in [2.05, 4.69) is 28.5 Å². The van der Waals surface area contributed by atoms with Gasteiger partial charge in [0.05, 0.1) is 5.41 Å². The van der Waals surface area contributed by atoms with Crippen LogP contribution in [0.3, 0.4) is 0 Å². The van der Waals surface area contributed by atoms with Crippen LogP contribution in [0.1, 0.15) is 35.7 Å². The Bertz CT molecular complexity index is 1070. The average molecular weight is 428 g/mol. The topological polar surface area (TPSA) is 62.3 Å². The number of carbonyl (C=O) groups excluding carboxylic acids is 2. The van der Waals surface area contributed by atoms with Gasteiger partial charge in [0, 0.05) is 37.6 Å². The Morgan fingerprint density at radius 2 is 1.78 bits per heavy atom. The molecule has 0 unspecified atom stereocenters. The van der Waals surface area contributed by atoms with Crippen molar-refractivity contribution in [1.82, 2.24) is 15.2 Å². The van der Waals surface area contributed by atoms with Crippen LogP contribution in [0.5, 0.6) is 0 Å². The van der Waals surface area contributed by atoms with E-state index in [9.17, 15) is 9.59 Å². The summed E-state index contributed by atoms with van der Waals surface area (Å²) in [7, 11) is 0. The van der Waals surface area contributed by atoms with Crippen molar-refractivity contribution >= 4 is 11.8 Å². The Balaban J connectivity index is 1.62. The minimum Gasteiger partial charge on any atom is -0.356 e. The molecule has 0 spiro atoms. The predicted molar refractivity (Wildman–Crippen MR) is 126 cm³/mol. The number of aromatic nitrogens is 1. The summed E-state index contributed by atoms with van der Waals surface area (Å²) in [6.45, 7) is 3.60. The monoisotopic (exact) mass is 427 g/mol. The molecule has 1 N–H and O–H groups in total. The lowest BCUT2D eigenvalue weighted by Crippen LogP contribution is -2.54. The highest BCUT2D eigenvalue weighted by Crippen LogP contribution is 2.36. The van der Waals surface area contributed by atoms with Crippen molar-refractivity contribution in [2.24, 2.45) is 5.41 Å². The number of hydrogen-bond acceptors (Lipinski definition) is 3. The zero-order valence-electron chi connectivity index (χ0n) is 18.5. The first-order valence-electron chi connectivity index (χ1n) is 11.2. The highest BCUT2D eigenvalue weighted by atomic mass is 16.2. The SMILES string of the molecule is CCNC(=O)[C@@]1(Cc2cccc(-c3ccncc3)c2)CCCN(C(=O)c2ccccc2)C1. The van der Waals surface area contributed by atoms with E-state index in [-0.39, 0.29) is 11.8 Å². The molecule has 32 heavy (non-hydrogen) atoms. The van der Waals surface area contributed by atoms with E-state index in [1.165, 1.54) is 0 Å². The number of benzene rings is 2. The quantitative estimate of drug-likeness (QED) is 0.636. The third-order valence-corrected chi connectivity index (χ3v) is 6.19. The zero-order valence-corrected chi connectivity index (χ0v) is 18.5. The molecule has 5 heteroatoms. The smallest absolute Gasteiger partial charge is 0.253 e. The first kappa shape index (κ1) is 21.8. The molecule has 1 fully saturated rings. The van der Waals surface area contributed by atoms with E-state index < -0.39 is 5.41 Å². The number of carbonyl (C=O) groups is 2. The summed E-state index contributed by atoms with van der Waals surface area (Å²) in [6.07, 6.45) is 5.73. The second-order valence-corrected chi connectivity index (χ2v) is 8.45. The van der Waals surface area contributed by atoms with Crippen LogP contribution in [-0.4, -0.2) is 41.3 Å². The molecule has 0 aliphatic carbocycles. The molecule has 1 saturated heterocycles. The van der Waals surface area contributed by atoms with Crippen LogP contribution in [0.15, 0.2) is 79.1 Å². The fourth-order valence-corrected chi connectivity index (χ4v) is 4.62. The fraction of sp³-hybridized carbons (Fsp3) is 0.296. The van der Waals surface area contributed by atoms with Crippen molar-refractivity contribution in [1.29, 1.82) is 0 Å². The molecule has 5 nitrogen and oxygen atoms in total. The number of nitrogens with one attached hydrogen (secondary N) is 1. The number of amides is 2. The Morgan fingerprint density at radius 1 is 1.00 bits per heavy atom. The Kier molecular flexibility index (Phi) is 6.64. The third-order valence-electron chi connectivity index (χ3n) is 6.19. The summed E-state index contributed by atoms with van der Waals surface area (Å²) >= 11 is 0. The largest absolute Gasteiger partial charge is 0.356 e. The van der Waals surface area contributed by atoms with Gasteiger partial charge in [-0.05, 0) is 67.1 Å². The molecular formula is C27H29N3O2. The second-order valence-electron chi connectivity index (χ2n) is 8.45. The van der Waals surface area contributed by atoms with Crippen molar-refractivity contribution in [2.75, 3.05) is 19.6 Å². The van der Waals surface area contributed by atoms with Crippen LogP contribution in [0.4, 0.5) is 0 Å². The van der Waals surface area contributed by atoms with Crippen LogP contribution < -0.4 is 5.32 Å². The van der Waals surface area contributed by atoms with Crippen molar-refractivity contribution < 1.29 is 9.59 Å². The summed E-state index contributed by atoms with van der Waals surface area (Å²) in [6, 6.07) is 21.6. The summed E-state index contributed by atoms with van der Waals surface area (Å²) in [5.74, 6) is 0.0179. The molecule has 1 aliphatic heterocycles. The van der Waals surface area contributed by atoms with Gasteiger partial charge in [-0.3, -0.25) is 14.6 Å². The lowest BCUT2D eigenvalue weighted by Gasteiger charge is -2.42. The summed E-state index contributed by atoms with van der Waals surface area (Å²) < 4.78 is 0. The molecule has 164 valence electrons. The first-order chi connectivity index (χ1) is 15.6. The van der Waals surface area contributed by atoms with Gasteiger partial charge in [0.15, 0.2) is 0 Å². The number of piperidine rings is 1. The number of likely N-dealkylation sites (tertiary alicyclic amines) is 1. The van der Waals surface area contributed by atoms with Crippen molar-refractivity contribution in [2.45, 2.75) is 26.2 Å². The molecule has 4 rings (SSSR count). The van der Waals surface area contributed by atoms with Crippen molar-refractivity contribution in [3.63, 3.8) is 0 Å². The van der Waals surface area contributed by atoms with E-state index in [0.717, 1.165) is 29.5 Å². The number of pyridine rings is 1. The number of hydrogen-bond donors (Lipinski definition) is 1. The fourth-order valence-electron chi connectivity index (χ4n) is 4.62. The minimum atomic E-state index is -0.643. The Labute approximate surface area is 189 Å². The Hall–Kier alpha value is -3.47. The maximum absolute atomic E-state index is 13.3. The third kappa shape index (κ3) is 4.72. The molecule has 0 saturated carbocycles. The molecule has 1 atom stereocenters. The molecule has 2 aromatic carbocycles. The van der Waals surface area contributed by atoms with E-state index in [0.29, 0.717) is 31.6 Å². The summed E-state index contributed by atoms with van der Waals surface area (Å²) in [5.41, 5.74) is 3.32. The van der Waals surface area contributed by atoms with Gasteiger partial charge >= 0.3 is 0 Å². The van der Waals surface area contributed by atoms with Gasteiger partial charge in [-0.25, -0.2) is 0 Å². The predicted octanol–water partition coefficient (Wildman–Crippen LogP) is 4.35. The molecule has 3 aromatic rings. The van der Waals surface area contributed by atoms with Gasteiger partial charge < -0.3 is 10.2 Å². The summed E-state index contributed by atoms with van der Waals surface area (Å²) in [4.78, 5) is 32.4. The first-order valence-corrected chi connectivity index (χ1v) is 11.2. The zero-order chi connectivity index (χ0) is 22.4. The van der Waals surface area contributed by atoms with E-state index in [1.807, 2.05) is 60.4 Å². The van der Waals surface area contributed by atoms with Crippen molar-refractivity contribution in [3.8, 4) is 11.1 Å². The number of rotatable bonds is 6. The lowest BCUT2D eigenvalue weighted by atomic mass is 9.73. The highest BCUT2D eigenvalue weighted by Gasteiger charge is 2.43. The lowest BCUT2D eigenvalue weighted by molar-refractivity contribution is -0.133. The van der Waals surface area contributed by atoms with Crippen molar-refractivity contribution in [3.05, 3.63) is 90.3 Å². The van der Waals surface area contributed by atoms with Crippen LogP contribution >= 0.6 is 0 Å². The molecule has 2 heterocycles. The molecule has 0 radical (unpaired) electrons. The van der Waals surface area contributed by atoms with Gasteiger partial charge in [-0.2, -0.15) is 0 Å². The van der Waals surface area contributed by atoms with Gasteiger partial charge in [-0.15, -0.1) is 0 Å². The van der Waals surface area contributed by atoms with Crippen LogP contribution in [0, 0.1) is 5.41 Å². The van der Waals surface area contributed by atoms with Gasteiger partial charge in [0.2, 0.25) is 5.91 Å². The highest BCUT2D eigenvalue weighted by molar-refractivity contribution is 5.95. The molecule has 1 aromatic heterocycles. The summed E-state index contributed by atoms with van der Waals surface area (Å²) in [5, 5.41) is 3.04. The maximum atomic E-state index is 13.3. The maximum Gasteiger partial charge on any atom is 0.253 e.